The van der Waals surface area contributed by atoms with Crippen LogP contribution in [0.2, 0.25) is 0 Å². The summed E-state index contributed by atoms with van der Waals surface area (Å²) >= 11 is 1.73. The summed E-state index contributed by atoms with van der Waals surface area (Å²) in [6.07, 6.45) is 0. The summed E-state index contributed by atoms with van der Waals surface area (Å²) in [5.74, 6) is 0.785. The molecule has 0 spiro atoms. The molecule has 0 saturated heterocycles. The Labute approximate surface area is 247 Å². The Hall–Kier alpha value is -4.21. The lowest BCUT2D eigenvalue weighted by molar-refractivity contribution is 0.820. The van der Waals surface area contributed by atoms with Crippen LogP contribution in [0, 0.1) is 0 Å². The van der Waals surface area contributed by atoms with Crippen molar-refractivity contribution in [2.45, 2.75) is 45.6 Å². The molecule has 0 aliphatic carbocycles. The summed E-state index contributed by atoms with van der Waals surface area (Å²) in [7, 11) is 0. The Bertz CT molecular complexity index is 1750. The van der Waals surface area contributed by atoms with Crippen LogP contribution in [0.25, 0.3) is 33.2 Å². The van der Waals surface area contributed by atoms with Gasteiger partial charge in [-0.2, -0.15) is 0 Å². The van der Waals surface area contributed by atoms with Gasteiger partial charge in [-0.05, 0) is 50.4 Å². The lowest BCUT2D eigenvalue weighted by atomic mass is 9.90. The van der Waals surface area contributed by atoms with Gasteiger partial charge in [0.2, 0.25) is 0 Å². The zero-order valence-electron chi connectivity index (χ0n) is 24.1. The Morgan fingerprint density at radius 1 is 0.585 bits per heavy atom. The molecule has 0 saturated carbocycles. The molecule has 6 aromatic rings. The molecular weight excluding hydrogens is 516 g/mol. The summed E-state index contributed by atoms with van der Waals surface area (Å²) in [6, 6.07) is 41.1. The van der Waals surface area contributed by atoms with Crippen LogP contribution in [0.4, 0.5) is 5.69 Å². The van der Waals surface area contributed by atoms with E-state index in [0.29, 0.717) is 11.8 Å². The van der Waals surface area contributed by atoms with E-state index in [4.69, 9.17) is 4.98 Å². The van der Waals surface area contributed by atoms with Gasteiger partial charge >= 0.3 is 0 Å². The molecule has 5 aromatic carbocycles. The van der Waals surface area contributed by atoms with Crippen LogP contribution in [-0.2, 0) is 0 Å². The predicted octanol–water partition coefficient (Wildman–Crippen LogP) is 11.1. The number of anilines is 1. The lowest BCUT2D eigenvalue weighted by Crippen LogP contribution is -2.17. The maximum Gasteiger partial charge on any atom is 0.120 e. The number of hydrogen-bond donors (Lipinski definition) is 1. The quantitative estimate of drug-likeness (QED) is 0.203. The average Bonchev–Trinajstić information content (AvgIpc) is 3.49. The standard InChI is InChI=1S/C38H36N2S/c1-25(2)29-21-13-22-30(26(3)4)36(29)40-37(34-20-11-10-19-32(34)27-14-6-5-7-15-27)38-39-35(24-41-38)33-23-12-17-28-16-8-9-18-31(28)33/h5-26,37,40H,1-4H3. The summed E-state index contributed by atoms with van der Waals surface area (Å²) in [5.41, 5.74) is 9.76. The predicted molar refractivity (Wildman–Crippen MR) is 177 cm³/mol. The molecule has 2 nitrogen and oxygen atoms in total. The Balaban J connectivity index is 1.54. The summed E-state index contributed by atoms with van der Waals surface area (Å²) in [6.45, 7) is 9.11. The highest BCUT2D eigenvalue weighted by Gasteiger charge is 2.25. The fraction of sp³-hybridized carbons (Fsp3) is 0.184. The highest BCUT2D eigenvalue weighted by molar-refractivity contribution is 7.10. The summed E-state index contributed by atoms with van der Waals surface area (Å²) in [5, 5.41) is 9.81. The highest BCUT2D eigenvalue weighted by atomic mass is 32.1. The molecule has 0 bridgehead atoms. The van der Waals surface area contributed by atoms with Crippen LogP contribution in [0.15, 0.2) is 121 Å². The van der Waals surface area contributed by atoms with Crippen molar-refractivity contribution in [3.8, 4) is 22.4 Å². The summed E-state index contributed by atoms with van der Waals surface area (Å²) in [4.78, 5) is 5.34. The number of fused-ring (bicyclic) bond motifs is 1. The normalized spacial score (nSPS) is 12.2. The third kappa shape index (κ3) is 5.42. The first kappa shape index (κ1) is 27.0. The van der Waals surface area contributed by atoms with Gasteiger partial charge in [-0.15, -0.1) is 11.3 Å². The van der Waals surface area contributed by atoms with Crippen molar-refractivity contribution >= 4 is 27.8 Å². The number of rotatable bonds is 8. The van der Waals surface area contributed by atoms with Gasteiger partial charge in [-0.1, -0.05) is 143 Å². The molecule has 204 valence electrons. The van der Waals surface area contributed by atoms with Crippen molar-refractivity contribution in [1.29, 1.82) is 0 Å². The Morgan fingerprint density at radius 2 is 1.17 bits per heavy atom. The monoisotopic (exact) mass is 552 g/mol. The number of para-hydroxylation sites is 1. The molecule has 41 heavy (non-hydrogen) atoms. The number of nitrogens with one attached hydrogen (secondary N) is 1. The van der Waals surface area contributed by atoms with E-state index in [1.54, 1.807) is 11.3 Å². The molecule has 0 radical (unpaired) electrons. The number of aromatic nitrogens is 1. The largest absolute Gasteiger partial charge is 0.372 e. The number of benzene rings is 5. The molecule has 1 unspecified atom stereocenters. The molecule has 6 rings (SSSR count). The van der Waals surface area contributed by atoms with E-state index in [9.17, 15) is 0 Å². The first-order valence-corrected chi connectivity index (χ1v) is 15.4. The molecular formula is C38H36N2S. The second-order valence-corrected chi connectivity index (χ2v) is 12.1. The second-order valence-electron chi connectivity index (χ2n) is 11.2. The molecule has 0 aliphatic heterocycles. The van der Waals surface area contributed by atoms with Crippen molar-refractivity contribution in [1.82, 2.24) is 4.98 Å². The zero-order valence-corrected chi connectivity index (χ0v) is 25.0. The Morgan fingerprint density at radius 3 is 1.93 bits per heavy atom. The number of hydrogen-bond acceptors (Lipinski definition) is 3. The maximum absolute atomic E-state index is 5.34. The molecule has 0 amide bonds. The SMILES string of the molecule is CC(C)c1cccc(C(C)C)c1NC(c1nc(-c2cccc3ccccc23)cs1)c1ccccc1-c1ccccc1. The van der Waals surface area contributed by atoms with E-state index in [1.807, 2.05) is 0 Å². The van der Waals surface area contributed by atoms with Crippen LogP contribution in [0.1, 0.15) is 67.3 Å². The minimum absolute atomic E-state index is 0.113. The fourth-order valence-corrected chi connectivity index (χ4v) is 6.64. The molecule has 1 N–H and O–H groups in total. The van der Waals surface area contributed by atoms with Gasteiger partial charge in [-0.3, -0.25) is 0 Å². The zero-order chi connectivity index (χ0) is 28.3. The van der Waals surface area contributed by atoms with E-state index in [2.05, 4.69) is 154 Å². The van der Waals surface area contributed by atoms with Gasteiger partial charge < -0.3 is 5.32 Å². The van der Waals surface area contributed by atoms with Crippen LogP contribution in [0.5, 0.6) is 0 Å². The van der Waals surface area contributed by atoms with Gasteiger partial charge in [0.25, 0.3) is 0 Å². The van der Waals surface area contributed by atoms with E-state index in [-0.39, 0.29) is 6.04 Å². The molecule has 3 heteroatoms. The first-order valence-electron chi connectivity index (χ1n) is 14.5. The van der Waals surface area contributed by atoms with E-state index in [1.165, 1.54) is 49.8 Å². The molecule has 0 aliphatic rings. The Kier molecular flexibility index (Phi) is 7.71. The van der Waals surface area contributed by atoms with Crippen molar-refractivity contribution < 1.29 is 0 Å². The van der Waals surface area contributed by atoms with Gasteiger partial charge in [0.15, 0.2) is 0 Å². The summed E-state index contributed by atoms with van der Waals surface area (Å²) < 4.78 is 0. The van der Waals surface area contributed by atoms with Gasteiger partial charge in [0.05, 0.1) is 5.69 Å². The smallest absolute Gasteiger partial charge is 0.120 e. The minimum Gasteiger partial charge on any atom is -0.372 e. The fourth-order valence-electron chi connectivity index (χ4n) is 5.76. The molecule has 1 heterocycles. The highest BCUT2D eigenvalue weighted by Crippen LogP contribution is 2.41. The first-order chi connectivity index (χ1) is 20.0. The van der Waals surface area contributed by atoms with E-state index >= 15 is 0 Å². The van der Waals surface area contributed by atoms with Crippen LogP contribution in [-0.4, -0.2) is 4.98 Å². The maximum atomic E-state index is 5.34. The van der Waals surface area contributed by atoms with Gasteiger partial charge in [-0.25, -0.2) is 4.98 Å². The van der Waals surface area contributed by atoms with Crippen molar-refractivity contribution in [3.05, 3.63) is 142 Å². The van der Waals surface area contributed by atoms with Crippen LogP contribution < -0.4 is 5.32 Å². The lowest BCUT2D eigenvalue weighted by Gasteiger charge is -2.27. The second kappa shape index (κ2) is 11.7. The van der Waals surface area contributed by atoms with Gasteiger partial charge in [0.1, 0.15) is 11.0 Å². The average molecular weight is 553 g/mol. The van der Waals surface area contributed by atoms with E-state index < -0.39 is 0 Å². The third-order valence-corrected chi connectivity index (χ3v) is 8.76. The van der Waals surface area contributed by atoms with E-state index in [0.717, 1.165) is 10.7 Å². The third-order valence-electron chi connectivity index (χ3n) is 7.85. The topological polar surface area (TPSA) is 24.9 Å². The molecule has 0 fully saturated rings. The van der Waals surface area contributed by atoms with Crippen molar-refractivity contribution in [3.63, 3.8) is 0 Å². The van der Waals surface area contributed by atoms with Crippen LogP contribution >= 0.6 is 11.3 Å². The minimum atomic E-state index is -0.113. The van der Waals surface area contributed by atoms with Gasteiger partial charge in [0, 0.05) is 16.6 Å². The number of nitrogens with zero attached hydrogens (tertiary/aromatic N) is 1. The number of thiazole rings is 1. The van der Waals surface area contributed by atoms with Crippen molar-refractivity contribution in [2.75, 3.05) is 5.32 Å². The van der Waals surface area contributed by atoms with Crippen LogP contribution in [0.3, 0.4) is 0 Å². The molecule has 1 aromatic heterocycles. The molecule has 1 atom stereocenters. The van der Waals surface area contributed by atoms with Crippen molar-refractivity contribution in [2.24, 2.45) is 0 Å².